The predicted molar refractivity (Wildman–Crippen MR) is 73.2 cm³/mol. The van der Waals surface area contributed by atoms with Gasteiger partial charge in [0.15, 0.2) is 0 Å². The van der Waals surface area contributed by atoms with E-state index in [1.165, 1.54) is 25.1 Å². The summed E-state index contributed by atoms with van der Waals surface area (Å²) in [4.78, 5) is 0. The standard InChI is InChI=1S/C13H22BrN3/c1-9(2)8-17-12(7-14)15-16-13(17)11-6-4-5-10(11)3/h9-11H,4-8H2,1-3H3. The molecule has 0 spiro atoms. The van der Waals surface area contributed by atoms with E-state index in [4.69, 9.17) is 0 Å². The summed E-state index contributed by atoms with van der Waals surface area (Å²) in [5, 5.41) is 9.59. The maximum Gasteiger partial charge on any atom is 0.143 e. The molecule has 2 rings (SSSR count). The highest BCUT2D eigenvalue weighted by Gasteiger charge is 2.30. The molecule has 1 saturated carbocycles. The molecule has 1 heterocycles. The minimum absolute atomic E-state index is 0.619. The van der Waals surface area contributed by atoms with Crippen molar-refractivity contribution in [1.82, 2.24) is 14.8 Å². The average Bonchev–Trinajstić information content (AvgIpc) is 2.84. The molecular formula is C13H22BrN3. The fourth-order valence-corrected chi connectivity index (χ4v) is 3.23. The molecule has 0 aliphatic heterocycles. The van der Waals surface area contributed by atoms with Gasteiger partial charge in [0.05, 0.1) is 5.33 Å². The van der Waals surface area contributed by atoms with Crippen LogP contribution in [0, 0.1) is 11.8 Å². The summed E-state index contributed by atoms with van der Waals surface area (Å²) in [6.07, 6.45) is 3.95. The van der Waals surface area contributed by atoms with E-state index in [1.54, 1.807) is 0 Å². The SMILES string of the molecule is CC(C)Cn1c(CBr)nnc1C1CCCC1C. The number of nitrogens with zero attached hydrogens (tertiary/aromatic N) is 3. The van der Waals surface area contributed by atoms with Gasteiger partial charge in [-0.3, -0.25) is 0 Å². The molecule has 0 saturated heterocycles. The van der Waals surface area contributed by atoms with Crippen molar-refractivity contribution in [3.05, 3.63) is 11.6 Å². The van der Waals surface area contributed by atoms with Crippen LogP contribution in [-0.2, 0) is 11.9 Å². The Hall–Kier alpha value is -0.380. The zero-order chi connectivity index (χ0) is 12.4. The third-order valence-electron chi connectivity index (χ3n) is 3.72. The molecule has 96 valence electrons. The van der Waals surface area contributed by atoms with Crippen LogP contribution < -0.4 is 0 Å². The van der Waals surface area contributed by atoms with Gasteiger partial charge in [-0.1, -0.05) is 43.1 Å². The van der Waals surface area contributed by atoms with Crippen molar-refractivity contribution in [1.29, 1.82) is 0 Å². The average molecular weight is 300 g/mol. The molecule has 1 aromatic rings. The van der Waals surface area contributed by atoms with Gasteiger partial charge in [-0.25, -0.2) is 0 Å². The first-order valence-corrected chi connectivity index (χ1v) is 7.73. The topological polar surface area (TPSA) is 30.7 Å². The maximum absolute atomic E-state index is 4.46. The van der Waals surface area contributed by atoms with E-state index in [0.717, 1.165) is 23.6 Å². The van der Waals surface area contributed by atoms with Gasteiger partial charge in [0.2, 0.25) is 0 Å². The molecule has 0 amide bonds. The second-order valence-electron chi connectivity index (χ2n) is 5.63. The van der Waals surface area contributed by atoms with E-state index < -0.39 is 0 Å². The van der Waals surface area contributed by atoms with Crippen molar-refractivity contribution in [2.75, 3.05) is 0 Å². The molecule has 0 N–H and O–H groups in total. The van der Waals surface area contributed by atoms with E-state index >= 15 is 0 Å². The van der Waals surface area contributed by atoms with E-state index in [9.17, 15) is 0 Å². The smallest absolute Gasteiger partial charge is 0.143 e. The summed E-state index contributed by atoms with van der Waals surface area (Å²) in [6.45, 7) is 7.88. The Balaban J connectivity index is 2.29. The Labute approximate surface area is 112 Å². The van der Waals surface area contributed by atoms with Gasteiger partial charge in [0.25, 0.3) is 0 Å². The molecule has 2 unspecified atom stereocenters. The van der Waals surface area contributed by atoms with Crippen LogP contribution in [0.2, 0.25) is 0 Å². The highest BCUT2D eigenvalue weighted by atomic mass is 79.9. The highest BCUT2D eigenvalue weighted by molar-refractivity contribution is 9.08. The van der Waals surface area contributed by atoms with Gasteiger partial charge >= 0.3 is 0 Å². The van der Waals surface area contributed by atoms with Crippen LogP contribution in [0.4, 0.5) is 0 Å². The first kappa shape index (κ1) is 13.1. The first-order chi connectivity index (χ1) is 8.13. The lowest BCUT2D eigenvalue weighted by Crippen LogP contribution is -2.15. The molecule has 17 heavy (non-hydrogen) atoms. The second kappa shape index (κ2) is 5.51. The summed E-state index contributed by atoms with van der Waals surface area (Å²) < 4.78 is 2.34. The Morgan fingerprint density at radius 1 is 1.35 bits per heavy atom. The van der Waals surface area contributed by atoms with Crippen LogP contribution in [0.25, 0.3) is 0 Å². The van der Waals surface area contributed by atoms with Gasteiger partial charge < -0.3 is 4.57 Å². The fraction of sp³-hybridized carbons (Fsp3) is 0.846. The van der Waals surface area contributed by atoms with Crippen molar-refractivity contribution in [2.24, 2.45) is 11.8 Å². The summed E-state index contributed by atoms with van der Waals surface area (Å²) in [5.41, 5.74) is 0. The molecule has 1 aliphatic carbocycles. The van der Waals surface area contributed by atoms with Crippen molar-refractivity contribution in [3.63, 3.8) is 0 Å². The van der Waals surface area contributed by atoms with Crippen LogP contribution >= 0.6 is 15.9 Å². The lowest BCUT2D eigenvalue weighted by atomic mass is 9.97. The summed E-state index contributed by atoms with van der Waals surface area (Å²) >= 11 is 3.51. The third-order valence-corrected chi connectivity index (χ3v) is 4.22. The molecule has 4 heteroatoms. The monoisotopic (exact) mass is 299 g/mol. The molecule has 0 bridgehead atoms. The highest BCUT2D eigenvalue weighted by Crippen LogP contribution is 2.38. The third kappa shape index (κ3) is 2.72. The minimum atomic E-state index is 0.619. The number of alkyl halides is 1. The Morgan fingerprint density at radius 2 is 2.12 bits per heavy atom. The number of rotatable bonds is 4. The Bertz CT molecular complexity index is 373. The van der Waals surface area contributed by atoms with Crippen LogP contribution in [0.1, 0.15) is 57.6 Å². The number of aromatic nitrogens is 3. The van der Waals surface area contributed by atoms with Gasteiger partial charge in [-0.05, 0) is 24.7 Å². The van der Waals surface area contributed by atoms with Gasteiger partial charge in [0.1, 0.15) is 11.6 Å². The number of halogens is 1. The number of hydrogen-bond donors (Lipinski definition) is 0. The van der Waals surface area contributed by atoms with E-state index in [0.29, 0.717) is 11.8 Å². The van der Waals surface area contributed by atoms with E-state index in [1.807, 2.05) is 0 Å². The molecule has 1 aromatic heterocycles. The molecule has 1 fully saturated rings. The molecule has 1 aliphatic rings. The van der Waals surface area contributed by atoms with Crippen molar-refractivity contribution < 1.29 is 0 Å². The first-order valence-electron chi connectivity index (χ1n) is 6.61. The minimum Gasteiger partial charge on any atom is -0.314 e. The number of hydrogen-bond acceptors (Lipinski definition) is 2. The molecule has 0 aromatic carbocycles. The van der Waals surface area contributed by atoms with Gasteiger partial charge in [0, 0.05) is 12.5 Å². The maximum atomic E-state index is 4.46. The summed E-state index contributed by atoms with van der Waals surface area (Å²) in [6, 6.07) is 0. The van der Waals surface area contributed by atoms with Crippen LogP contribution in [-0.4, -0.2) is 14.8 Å². The Morgan fingerprint density at radius 3 is 2.65 bits per heavy atom. The molecule has 2 atom stereocenters. The Kier molecular flexibility index (Phi) is 4.23. The lowest BCUT2D eigenvalue weighted by molar-refractivity contribution is 0.444. The van der Waals surface area contributed by atoms with E-state index in [-0.39, 0.29) is 0 Å². The van der Waals surface area contributed by atoms with Crippen LogP contribution in [0.5, 0.6) is 0 Å². The molecular weight excluding hydrogens is 278 g/mol. The largest absolute Gasteiger partial charge is 0.314 e. The lowest BCUT2D eigenvalue weighted by Gasteiger charge is -2.18. The fourth-order valence-electron chi connectivity index (χ4n) is 2.82. The molecule has 3 nitrogen and oxygen atoms in total. The van der Waals surface area contributed by atoms with E-state index in [2.05, 4.69) is 51.5 Å². The summed E-state index contributed by atoms with van der Waals surface area (Å²) in [5.74, 6) is 4.31. The molecule has 0 radical (unpaired) electrons. The van der Waals surface area contributed by atoms with Gasteiger partial charge in [-0.15, -0.1) is 10.2 Å². The van der Waals surface area contributed by atoms with Crippen LogP contribution in [0.3, 0.4) is 0 Å². The predicted octanol–water partition coefficient (Wildman–Crippen LogP) is 3.73. The van der Waals surface area contributed by atoms with Crippen molar-refractivity contribution in [2.45, 2.75) is 57.8 Å². The zero-order valence-electron chi connectivity index (χ0n) is 11.0. The summed E-state index contributed by atoms with van der Waals surface area (Å²) in [7, 11) is 0. The normalized spacial score (nSPS) is 24.8. The van der Waals surface area contributed by atoms with Crippen molar-refractivity contribution >= 4 is 15.9 Å². The van der Waals surface area contributed by atoms with Gasteiger partial charge in [-0.2, -0.15) is 0 Å². The van der Waals surface area contributed by atoms with Crippen LogP contribution in [0.15, 0.2) is 0 Å². The zero-order valence-corrected chi connectivity index (χ0v) is 12.6. The van der Waals surface area contributed by atoms with Crippen molar-refractivity contribution in [3.8, 4) is 0 Å². The second-order valence-corrected chi connectivity index (χ2v) is 6.19. The quantitative estimate of drug-likeness (QED) is 0.793.